The zero-order valence-electron chi connectivity index (χ0n) is 8.29. The molecular formula is C11H12O2S. The Morgan fingerprint density at radius 2 is 2.29 bits per heavy atom. The second-order valence-corrected chi connectivity index (χ2v) is 4.70. The monoisotopic (exact) mass is 208 g/mol. The molecule has 2 nitrogen and oxygen atoms in total. The summed E-state index contributed by atoms with van der Waals surface area (Å²) in [7, 11) is 0. The molecular weight excluding hydrogens is 196 g/mol. The Balaban J connectivity index is 2.26. The van der Waals surface area contributed by atoms with Gasteiger partial charge in [0.25, 0.3) is 0 Å². The summed E-state index contributed by atoms with van der Waals surface area (Å²) in [6.45, 7) is 4.71. The molecule has 1 aromatic heterocycles. The van der Waals surface area contributed by atoms with Crippen molar-refractivity contribution in [2.45, 2.75) is 20.3 Å². The molecule has 74 valence electrons. The number of thiophene rings is 1. The Hall–Kier alpha value is -1.09. The molecule has 0 amide bonds. The van der Waals surface area contributed by atoms with E-state index in [0.717, 1.165) is 16.9 Å². The van der Waals surface area contributed by atoms with Gasteiger partial charge in [0.2, 0.25) is 5.78 Å². The highest BCUT2D eigenvalue weighted by molar-refractivity contribution is 7.14. The Bertz CT molecular complexity index is 382. The van der Waals surface area contributed by atoms with Gasteiger partial charge >= 0.3 is 0 Å². The molecule has 1 aliphatic heterocycles. The fraction of sp³-hybridized carbons (Fsp3) is 0.364. The van der Waals surface area contributed by atoms with Gasteiger partial charge in [0.05, 0.1) is 17.7 Å². The molecule has 0 saturated heterocycles. The summed E-state index contributed by atoms with van der Waals surface area (Å²) >= 11 is 1.56. The van der Waals surface area contributed by atoms with E-state index in [1.54, 1.807) is 17.6 Å². The van der Waals surface area contributed by atoms with Crippen molar-refractivity contribution in [3.8, 4) is 0 Å². The van der Waals surface area contributed by atoms with Crippen LogP contribution in [0.25, 0.3) is 0 Å². The average Bonchev–Trinajstić information content (AvgIpc) is 2.76. The number of carbonyl (C=O) groups is 1. The fourth-order valence-electron chi connectivity index (χ4n) is 1.40. The molecule has 14 heavy (non-hydrogen) atoms. The van der Waals surface area contributed by atoms with Crippen molar-refractivity contribution in [1.29, 1.82) is 0 Å². The highest BCUT2D eigenvalue weighted by Gasteiger charge is 2.18. The van der Waals surface area contributed by atoms with Crippen LogP contribution in [0.15, 0.2) is 17.9 Å². The molecule has 0 spiro atoms. The van der Waals surface area contributed by atoms with Crippen LogP contribution in [-0.2, 0) is 4.74 Å². The number of carbonyl (C=O) groups excluding carboxylic acids is 1. The Morgan fingerprint density at radius 3 is 2.79 bits per heavy atom. The lowest BCUT2D eigenvalue weighted by Gasteiger charge is -1.93. The summed E-state index contributed by atoms with van der Waals surface area (Å²) in [6, 6.07) is 1.96. The summed E-state index contributed by atoms with van der Waals surface area (Å²) < 4.78 is 5.06. The second kappa shape index (κ2) is 3.58. The van der Waals surface area contributed by atoms with E-state index in [1.807, 2.05) is 19.9 Å². The van der Waals surface area contributed by atoms with Gasteiger partial charge in [0.1, 0.15) is 0 Å². The van der Waals surface area contributed by atoms with Crippen LogP contribution in [0.5, 0.6) is 0 Å². The van der Waals surface area contributed by atoms with E-state index >= 15 is 0 Å². The van der Waals surface area contributed by atoms with Crippen molar-refractivity contribution in [3.63, 3.8) is 0 Å². The van der Waals surface area contributed by atoms with Gasteiger partial charge < -0.3 is 4.74 Å². The van der Waals surface area contributed by atoms with Gasteiger partial charge in [-0.25, -0.2) is 0 Å². The van der Waals surface area contributed by atoms with Gasteiger partial charge in [-0.2, -0.15) is 0 Å². The SMILES string of the molecule is Cc1cc(C(=O)C2=COCC2)sc1C. The minimum atomic E-state index is 0.128. The van der Waals surface area contributed by atoms with Gasteiger partial charge in [0.15, 0.2) is 0 Å². The van der Waals surface area contributed by atoms with E-state index in [2.05, 4.69) is 0 Å². The van der Waals surface area contributed by atoms with Gasteiger partial charge in [-0.15, -0.1) is 11.3 Å². The van der Waals surface area contributed by atoms with Crippen LogP contribution in [0.3, 0.4) is 0 Å². The Morgan fingerprint density at radius 1 is 1.50 bits per heavy atom. The molecule has 3 heteroatoms. The minimum Gasteiger partial charge on any atom is -0.500 e. The van der Waals surface area contributed by atoms with Crippen LogP contribution in [-0.4, -0.2) is 12.4 Å². The molecule has 0 N–H and O–H groups in total. The van der Waals surface area contributed by atoms with Crippen LogP contribution in [0.2, 0.25) is 0 Å². The molecule has 1 aromatic rings. The van der Waals surface area contributed by atoms with Crippen LogP contribution < -0.4 is 0 Å². The van der Waals surface area contributed by atoms with Gasteiger partial charge in [0, 0.05) is 16.9 Å². The molecule has 1 aliphatic rings. The minimum absolute atomic E-state index is 0.128. The van der Waals surface area contributed by atoms with Crippen LogP contribution >= 0.6 is 11.3 Å². The van der Waals surface area contributed by atoms with E-state index in [4.69, 9.17) is 4.74 Å². The lowest BCUT2D eigenvalue weighted by molar-refractivity contribution is 0.103. The summed E-state index contributed by atoms with van der Waals surface area (Å²) in [5.41, 5.74) is 1.99. The Kier molecular flexibility index (Phi) is 2.42. The highest BCUT2D eigenvalue weighted by Crippen LogP contribution is 2.25. The summed E-state index contributed by atoms with van der Waals surface area (Å²) in [6.07, 6.45) is 2.33. The lowest BCUT2D eigenvalue weighted by atomic mass is 10.1. The average molecular weight is 208 g/mol. The highest BCUT2D eigenvalue weighted by atomic mass is 32.1. The number of ketones is 1. The van der Waals surface area contributed by atoms with E-state index in [-0.39, 0.29) is 5.78 Å². The maximum absolute atomic E-state index is 11.9. The smallest absolute Gasteiger partial charge is 0.202 e. The van der Waals surface area contributed by atoms with E-state index < -0.39 is 0 Å². The zero-order chi connectivity index (χ0) is 10.1. The van der Waals surface area contributed by atoms with Gasteiger partial charge in [-0.3, -0.25) is 4.79 Å². The Labute approximate surface area is 87.2 Å². The molecule has 2 rings (SSSR count). The fourth-order valence-corrected chi connectivity index (χ4v) is 2.41. The van der Waals surface area contributed by atoms with Crippen molar-refractivity contribution in [3.05, 3.63) is 33.2 Å². The summed E-state index contributed by atoms with van der Waals surface area (Å²) in [5.74, 6) is 0.128. The van der Waals surface area contributed by atoms with Gasteiger partial charge in [-0.05, 0) is 25.5 Å². The summed E-state index contributed by atoms with van der Waals surface area (Å²) in [4.78, 5) is 13.9. The third-order valence-corrected chi connectivity index (χ3v) is 3.55. The topological polar surface area (TPSA) is 26.3 Å². The van der Waals surface area contributed by atoms with Crippen LogP contribution in [0, 0.1) is 13.8 Å². The number of rotatable bonds is 2. The third-order valence-electron chi connectivity index (χ3n) is 2.40. The molecule has 0 aliphatic carbocycles. The molecule has 0 saturated carbocycles. The standard InChI is InChI=1S/C11H12O2S/c1-7-5-10(14-8(7)2)11(12)9-3-4-13-6-9/h5-6H,3-4H2,1-2H3. The maximum Gasteiger partial charge on any atom is 0.202 e. The van der Waals surface area contributed by atoms with E-state index in [0.29, 0.717) is 6.61 Å². The van der Waals surface area contributed by atoms with Gasteiger partial charge in [-0.1, -0.05) is 0 Å². The first-order valence-corrected chi connectivity index (χ1v) is 5.42. The zero-order valence-corrected chi connectivity index (χ0v) is 9.11. The predicted octanol–water partition coefficient (Wildman–Crippen LogP) is 2.85. The first kappa shape index (κ1) is 9.46. The number of aryl methyl sites for hydroxylation is 2. The summed E-state index contributed by atoms with van der Waals surface area (Å²) in [5, 5.41) is 0. The number of ether oxygens (including phenoxy) is 1. The van der Waals surface area contributed by atoms with Crippen LogP contribution in [0.1, 0.15) is 26.5 Å². The number of hydrogen-bond acceptors (Lipinski definition) is 3. The van der Waals surface area contributed by atoms with Crippen molar-refractivity contribution >= 4 is 17.1 Å². The van der Waals surface area contributed by atoms with E-state index in [1.165, 1.54) is 10.4 Å². The molecule has 2 heterocycles. The third kappa shape index (κ3) is 1.60. The first-order chi connectivity index (χ1) is 6.68. The van der Waals surface area contributed by atoms with E-state index in [9.17, 15) is 4.79 Å². The van der Waals surface area contributed by atoms with Crippen LogP contribution in [0.4, 0.5) is 0 Å². The first-order valence-electron chi connectivity index (χ1n) is 4.61. The molecule has 0 unspecified atom stereocenters. The normalized spacial score (nSPS) is 15.1. The molecule has 0 atom stereocenters. The van der Waals surface area contributed by atoms with Crippen molar-refractivity contribution in [1.82, 2.24) is 0 Å². The van der Waals surface area contributed by atoms with Crippen molar-refractivity contribution in [2.24, 2.45) is 0 Å². The quantitative estimate of drug-likeness (QED) is 0.698. The molecule has 0 bridgehead atoms. The maximum atomic E-state index is 11.9. The number of Topliss-reactive ketones (excluding diaryl/α,β-unsaturated/α-hetero) is 1. The van der Waals surface area contributed by atoms with Crippen molar-refractivity contribution in [2.75, 3.05) is 6.61 Å². The second-order valence-electron chi connectivity index (χ2n) is 3.44. The molecule has 0 fully saturated rings. The largest absolute Gasteiger partial charge is 0.500 e. The lowest BCUT2D eigenvalue weighted by Crippen LogP contribution is -1.98. The predicted molar refractivity (Wildman–Crippen MR) is 56.8 cm³/mol. The molecule has 0 radical (unpaired) electrons. The molecule has 0 aromatic carbocycles. The number of hydrogen-bond donors (Lipinski definition) is 0. The van der Waals surface area contributed by atoms with Crippen molar-refractivity contribution < 1.29 is 9.53 Å².